The van der Waals surface area contributed by atoms with E-state index in [1.807, 2.05) is 6.07 Å². The van der Waals surface area contributed by atoms with Crippen molar-refractivity contribution < 1.29 is 9.72 Å². The van der Waals surface area contributed by atoms with Crippen molar-refractivity contribution in [2.24, 2.45) is 4.99 Å². The van der Waals surface area contributed by atoms with Crippen LogP contribution >= 0.6 is 22.9 Å². The largest absolute Gasteiger partial charge is 0.304 e. The van der Waals surface area contributed by atoms with E-state index in [1.54, 1.807) is 34.9 Å². The van der Waals surface area contributed by atoms with Gasteiger partial charge in [0.2, 0.25) is 0 Å². The standard InChI is InChI=1S/C19H12ClN3O3S/c1-2-11-22-16-12-14(23(25)26)8-9-17(16)27-19(22)21-18(24)10-7-13-5-3-4-6-15(13)20/h1,3-10,12H,11H2/b10-7+,21-19?. The van der Waals surface area contributed by atoms with E-state index in [-0.39, 0.29) is 12.2 Å². The van der Waals surface area contributed by atoms with Crippen LogP contribution in [0.15, 0.2) is 53.5 Å². The van der Waals surface area contributed by atoms with Gasteiger partial charge >= 0.3 is 0 Å². The lowest BCUT2D eigenvalue weighted by Crippen LogP contribution is -2.15. The van der Waals surface area contributed by atoms with Gasteiger partial charge in [0.15, 0.2) is 4.80 Å². The molecule has 0 spiro atoms. The van der Waals surface area contributed by atoms with E-state index in [2.05, 4.69) is 10.9 Å². The molecule has 0 aliphatic rings. The monoisotopic (exact) mass is 397 g/mol. The van der Waals surface area contributed by atoms with E-state index >= 15 is 0 Å². The minimum atomic E-state index is -0.484. The maximum Gasteiger partial charge on any atom is 0.272 e. The van der Waals surface area contributed by atoms with Crippen LogP contribution in [0.2, 0.25) is 5.02 Å². The molecule has 1 aromatic heterocycles. The maximum absolute atomic E-state index is 12.2. The lowest BCUT2D eigenvalue weighted by Gasteiger charge is -1.99. The molecular weight excluding hydrogens is 386 g/mol. The number of benzene rings is 2. The average molecular weight is 398 g/mol. The fourth-order valence-corrected chi connectivity index (χ4v) is 3.62. The van der Waals surface area contributed by atoms with Crippen LogP contribution in [0.5, 0.6) is 0 Å². The van der Waals surface area contributed by atoms with Gasteiger partial charge in [0.25, 0.3) is 11.6 Å². The second kappa shape index (κ2) is 7.99. The number of terminal acetylenes is 1. The van der Waals surface area contributed by atoms with Gasteiger partial charge in [-0.25, -0.2) is 0 Å². The highest BCUT2D eigenvalue weighted by molar-refractivity contribution is 7.16. The zero-order chi connectivity index (χ0) is 19.4. The molecule has 0 aliphatic heterocycles. The average Bonchev–Trinajstić information content (AvgIpc) is 2.98. The van der Waals surface area contributed by atoms with E-state index < -0.39 is 10.8 Å². The normalized spacial score (nSPS) is 11.8. The molecule has 0 saturated heterocycles. The van der Waals surface area contributed by atoms with Crippen LogP contribution in [0.1, 0.15) is 5.56 Å². The van der Waals surface area contributed by atoms with Gasteiger partial charge in [0, 0.05) is 23.2 Å². The second-order valence-corrected chi connectivity index (χ2v) is 6.81. The Morgan fingerprint density at radius 2 is 2.15 bits per heavy atom. The van der Waals surface area contributed by atoms with E-state index in [0.717, 1.165) is 4.70 Å². The van der Waals surface area contributed by atoms with Crippen molar-refractivity contribution in [1.29, 1.82) is 0 Å². The smallest absolute Gasteiger partial charge is 0.272 e. The molecule has 3 rings (SSSR count). The molecule has 3 aromatic rings. The van der Waals surface area contributed by atoms with Crippen LogP contribution in [-0.2, 0) is 11.3 Å². The number of fused-ring (bicyclic) bond motifs is 1. The van der Waals surface area contributed by atoms with E-state index in [1.165, 1.54) is 29.5 Å². The molecule has 1 amide bonds. The molecule has 6 nitrogen and oxygen atoms in total. The Hall–Kier alpha value is -3.21. The van der Waals surface area contributed by atoms with Crippen molar-refractivity contribution in [2.75, 3.05) is 0 Å². The molecule has 134 valence electrons. The number of hydrogen-bond donors (Lipinski definition) is 0. The molecule has 0 radical (unpaired) electrons. The molecule has 27 heavy (non-hydrogen) atoms. The van der Waals surface area contributed by atoms with Gasteiger partial charge in [-0.3, -0.25) is 14.9 Å². The number of hydrogen-bond acceptors (Lipinski definition) is 4. The second-order valence-electron chi connectivity index (χ2n) is 5.39. The minimum absolute atomic E-state index is 0.0532. The Kier molecular flexibility index (Phi) is 5.50. The zero-order valence-electron chi connectivity index (χ0n) is 13.8. The number of carbonyl (C=O) groups is 1. The summed E-state index contributed by atoms with van der Waals surface area (Å²) in [6.07, 6.45) is 8.30. The predicted octanol–water partition coefficient (Wildman–Crippen LogP) is 4.04. The number of thiazole rings is 1. The van der Waals surface area contributed by atoms with Gasteiger partial charge in [-0.05, 0) is 23.8 Å². The fourth-order valence-electron chi connectivity index (χ4n) is 2.40. The number of aromatic nitrogens is 1. The number of nitrogens with zero attached hydrogens (tertiary/aromatic N) is 3. The topological polar surface area (TPSA) is 77.5 Å². The third kappa shape index (κ3) is 4.14. The summed E-state index contributed by atoms with van der Waals surface area (Å²) in [5.41, 5.74) is 1.21. The summed E-state index contributed by atoms with van der Waals surface area (Å²) in [5, 5.41) is 11.5. The van der Waals surface area contributed by atoms with Crippen molar-refractivity contribution in [1.82, 2.24) is 4.57 Å². The molecule has 2 aromatic carbocycles. The summed E-state index contributed by atoms with van der Waals surface area (Å²) in [4.78, 5) is 27.2. The lowest BCUT2D eigenvalue weighted by molar-refractivity contribution is -0.384. The number of halogens is 1. The van der Waals surface area contributed by atoms with Crippen molar-refractivity contribution >= 4 is 50.8 Å². The third-order valence-corrected chi connectivity index (χ3v) is 5.05. The summed E-state index contributed by atoms with van der Waals surface area (Å²) < 4.78 is 2.35. The highest BCUT2D eigenvalue weighted by atomic mass is 35.5. The van der Waals surface area contributed by atoms with Gasteiger partial charge in [0.05, 0.1) is 21.7 Å². The van der Waals surface area contributed by atoms with Gasteiger partial charge in [-0.1, -0.05) is 47.1 Å². The van der Waals surface area contributed by atoms with Crippen molar-refractivity contribution in [3.05, 3.63) is 74.0 Å². The highest BCUT2D eigenvalue weighted by Crippen LogP contribution is 2.23. The Labute approximate surface area is 163 Å². The Morgan fingerprint density at radius 3 is 2.85 bits per heavy atom. The summed E-state index contributed by atoms with van der Waals surface area (Å²) >= 11 is 7.29. The Balaban J connectivity index is 2.03. The first-order chi connectivity index (χ1) is 13.0. The van der Waals surface area contributed by atoms with Crippen molar-refractivity contribution in [2.45, 2.75) is 6.54 Å². The summed E-state index contributed by atoms with van der Waals surface area (Å²) in [6, 6.07) is 11.6. The fraction of sp³-hybridized carbons (Fsp3) is 0.0526. The highest BCUT2D eigenvalue weighted by Gasteiger charge is 2.12. The van der Waals surface area contributed by atoms with Gasteiger partial charge in [-0.2, -0.15) is 4.99 Å². The molecule has 0 atom stereocenters. The van der Waals surface area contributed by atoms with Crippen LogP contribution in [0.3, 0.4) is 0 Å². The SMILES string of the molecule is C#CCn1c(=NC(=O)/C=C/c2ccccc2Cl)sc2ccc([N+](=O)[O-])cc21. The summed E-state index contributed by atoms with van der Waals surface area (Å²) in [6.45, 7) is 0.140. The van der Waals surface area contributed by atoms with Gasteiger partial charge in [-0.15, -0.1) is 6.42 Å². The minimum Gasteiger partial charge on any atom is -0.304 e. The van der Waals surface area contributed by atoms with Crippen LogP contribution in [0.25, 0.3) is 16.3 Å². The molecule has 0 bridgehead atoms. The molecule has 0 unspecified atom stereocenters. The first-order valence-electron chi connectivity index (χ1n) is 7.72. The summed E-state index contributed by atoms with van der Waals surface area (Å²) in [5.74, 6) is 2.00. The van der Waals surface area contributed by atoms with Crippen LogP contribution in [-0.4, -0.2) is 15.4 Å². The molecule has 0 saturated carbocycles. The molecule has 1 heterocycles. The number of carbonyl (C=O) groups excluding carboxylic acids is 1. The molecule has 0 aliphatic carbocycles. The number of non-ortho nitro benzene ring substituents is 1. The third-order valence-electron chi connectivity index (χ3n) is 3.64. The Bertz CT molecular complexity index is 1180. The van der Waals surface area contributed by atoms with E-state index in [0.29, 0.717) is 20.9 Å². The quantitative estimate of drug-likeness (QED) is 0.288. The predicted molar refractivity (Wildman–Crippen MR) is 106 cm³/mol. The van der Waals surface area contributed by atoms with E-state index in [9.17, 15) is 14.9 Å². The number of nitro groups is 1. The van der Waals surface area contributed by atoms with Gasteiger partial charge in [0.1, 0.15) is 0 Å². The van der Waals surface area contributed by atoms with Crippen molar-refractivity contribution in [3.63, 3.8) is 0 Å². The molecule has 8 heteroatoms. The molecular formula is C19H12ClN3O3S. The van der Waals surface area contributed by atoms with Crippen LogP contribution in [0.4, 0.5) is 5.69 Å². The Morgan fingerprint density at radius 1 is 1.37 bits per heavy atom. The first kappa shape index (κ1) is 18.6. The zero-order valence-corrected chi connectivity index (χ0v) is 15.4. The van der Waals surface area contributed by atoms with Crippen molar-refractivity contribution in [3.8, 4) is 12.3 Å². The van der Waals surface area contributed by atoms with Crippen LogP contribution in [0, 0.1) is 22.5 Å². The number of amides is 1. The van der Waals surface area contributed by atoms with Gasteiger partial charge < -0.3 is 4.57 Å². The first-order valence-corrected chi connectivity index (χ1v) is 8.91. The number of rotatable bonds is 4. The van der Waals surface area contributed by atoms with Crippen LogP contribution < -0.4 is 4.80 Å². The lowest BCUT2D eigenvalue weighted by atomic mass is 10.2. The summed E-state index contributed by atoms with van der Waals surface area (Å²) in [7, 11) is 0. The van der Waals surface area contributed by atoms with E-state index in [4.69, 9.17) is 18.0 Å². The number of nitro benzene ring substituents is 1. The maximum atomic E-state index is 12.2. The molecule has 0 N–H and O–H groups in total. The molecule has 0 fully saturated rings.